The Labute approximate surface area is 185 Å². The SMILES string of the molecule is O=c1[nH]c(=O)n(-c2cccc3ccccc23)c(O)c1C=NC[C@@H](O)c1ccc([N+](=O)[O-])cc1. The van der Waals surface area contributed by atoms with Crippen molar-refractivity contribution in [1.29, 1.82) is 0 Å². The summed E-state index contributed by atoms with van der Waals surface area (Å²) in [4.78, 5) is 41.2. The minimum absolute atomic E-state index is 0.110. The third kappa shape index (κ3) is 4.27. The lowest BCUT2D eigenvalue weighted by Crippen LogP contribution is -2.31. The summed E-state index contributed by atoms with van der Waals surface area (Å²) in [5.41, 5.74) is -1.22. The highest BCUT2D eigenvalue weighted by Crippen LogP contribution is 2.24. The van der Waals surface area contributed by atoms with Crippen molar-refractivity contribution in [2.45, 2.75) is 6.10 Å². The maximum atomic E-state index is 12.5. The largest absolute Gasteiger partial charge is 0.493 e. The van der Waals surface area contributed by atoms with Gasteiger partial charge in [-0.25, -0.2) is 9.36 Å². The average molecular weight is 446 g/mol. The van der Waals surface area contributed by atoms with Gasteiger partial charge in [0.25, 0.3) is 11.2 Å². The highest BCUT2D eigenvalue weighted by molar-refractivity contribution is 5.91. The number of rotatable bonds is 6. The van der Waals surface area contributed by atoms with Gasteiger partial charge in [0, 0.05) is 23.7 Å². The maximum absolute atomic E-state index is 12.5. The standard InChI is InChI=1S/C23H18N4O6/c28-20(15-8-10-16(11-9-15)27(32)33)13-24-12-18-21(29)25-23(31)26(22(18)30)19-7-3-5-14-4-1-2-6-17(14)19/h1-12,20,28,30H,13H2,(H,25,29,31)/t20-/m1/s1. The molecule has 1 heterocycles. The van der Waals surface area contributed by atoms with E-state index in [0.29, 0.717) is 16.6 Å². The van der Waals surface area contributed by atoms with Crippen molar-refractivity contribution < 1.29 is 15.1 Å². The Hall–Kier alpha value is -4.57. The lowest BCUT2D eigenvalue weighted by Gasteiger charge is -2.12. The molecular weight excluding hydrogens is 428 g/mol. The van der Waals surface area contributed by atoms with Gasteiger partial charge in [-0.3, -0.25) is 24.9 Å². The van der Waals surface area contributed by atoms with Crippen LogP contribution < -0.4 is 11.2 Å². The number of aliphatic hydroxyl groups is 1. The van der Waals surface area contributed by atoms with Crippen LogP contribution in [0.1, 0.15) is 17.2 Å². The number of nitrogens with one attached hydrogen (secondary N) is 1. The second-order valence-electron chi connectivity index (χ2n) is 7.19. The summed E-state index contributed by atoms with van der Waals surface area (Å²) in [6.07, 6.45) is -0.0172. The van der Waals surface area contributed by atoms with Gasteiger partial charge < -0.3 is 10.2 Å². The zero-order valence-electron chi connectivity index (χ0n) is 17.1. The van der Waals surface area contributed by atoms with Gasteiger partial charge in [-0.2, -0.15) is 0 Å². The van der Waals surface area contributed by atoms with Gasteiger partial charge in [-0.05, 0) is 29.1 Å². The van der Waals surface area contributed by atoms with Crippen LogP contribution in [0.2, 0.25) is 0 Å². The Morgan fingerprint density at radius 2 is 1.76 bits per heavy atom. The average Bonchev–Trinajstić information content (AvgIpc) is 2.81. The predicted molar refractivity (Wildman–Crippen MR) is 122 cm³/mol. The number of aromatic nitrogens is 2. The van der Waals surface area contributed by atoms with Gasteiger partial charge in [0.15, 0.2) is 0 Å². The number of nitro groups is 1. The topological polar surface area (TPSA) is 151 Å². The number of hydrogen-bond donors (Lipinski definition) is 3. The lowest BCUT2D eigenvalue weighted by molar-refractivity contribution is -0.384. The maximum Gasteiger partial charge on any atom is 0.335 e. The fourth-order valence-electron chi connectivity index (χ4n) is 3.45. The molecule has 4 rings (SSSR count). The molecule has 3 N–H and O–H groups in total. The van der Waals surface area contributed by atoms with Crippen LogP contribution in [0.15, 0.2) is 81.3 Å². The number of H-pyrrole nitrogens is 1. The van der Waals surface area contributed by atoms with Gasteiger partial charge in [-0.1, -0.05) is 36.4 Å². The van der Waals surface area contributed by atoms with E-state index in [1.165, 1.54) is 24.3 Å². The van der Waals surface area contributed by atoms with Crippen molar-refractivity contribution in [3.05, 3.63) is 109 Å². The van der Waals surface area contributed by atoms with E-state index >= 15 is 0 Å². The van der Waals surface area contributed by atoms with Crippen LogP contribution in [0, 0.1) is 10.1 Å². The Balaban J connectivity index is 1.66. The molecule has 10 heteroatoms. The molecule has 4 aromatic rings. The first-order valence-corrected chi connectivity index (χ1v) is 9.85. The molecule has 0 fully saturated rings. The molecule has 33 heavy (non-hydrogen) atoms. The van der Waals surface area contributed by atoms with Gasteiger partial charge in [-0.15, -0.1) is 0 Å². The first kappa shape index (κ1) is 21.7. The van der Waals surface area contributed by atoms with Crippen LogP contribution in [0.5, 0.6) is 5.88 Å². The molecule has 0 unspecified atom stereocenters. The van der Waals surface area contributed by atoms with E-state index in [4.69, 9.17) is 0 Å². The molecule has 0 amide bonds. The van der Waals surface area contributed by atoms with Crippen LogP contribution in [0.3, 0.4) is 0 Å². The van der Waals surface area contributed by atoms with Crippen LogP contribution in [-0.4, -0.2) is 37.4 Å². The quantitative estimate of drug-likeness (QED) is 0.235. The molecular formula is C23H18N4O6. The molecule has 0 aliphatic carbocycles. The molecule has 0 bridgehead atoms. The van der Waals surface area contributed by atoms with E-state index in [-0.39, 0.29) is 17.8 Å². The van der Waals surface area contributed by atoms with Crippen molar-refractivity contribution >= 4 is 22.7 Å². The number of nitro benzene ring substituents is 1. The monoisotopic (exact) mass is 446 g/mol. The minimum atomic E-state index is -1.09. The molecule has 0 radical (unpaired) electrons. The molecule has 0 aliphatic heterocycles. The second kappa shape index (κ2) is 8.89. The van der Waals surface area contributed by atoms with E-state index in [2.05, 4.69) is 9.98 Å². The number of aromatic amines is 1. The summed E-state index contributed by atoms with van der Waals surface area (Å²) in [5, 5.41) is 33.3. The normalized spacial score (nSPS) is 12.3. The summed E-state index contributed by atoms with van der Waals surface area (Å²) in [7, 11) is 0. The fourth-order valence-corrected chi connectivity index (χ4v) is 3.45. The zero-order chi connectivity index (χ0) is 23.5. The Bertz CT molecular complexity index is 1480. The third-order valence-electron chi connectivity index (χ3n) is 5.12. The summed E-state index contributed by atoms with van der Waals surface area (Å²) >= 11 is 0. The van der Waals surface area contributed by atoms with E-state index in [0.717, 1.165) is 16.2 Å². The van der Waals surface area contributed by atoms with E-state index in [1.54, 1.807) is 24.3 Å². The summed E-state index contributed by atoms with van der Waals surface area (Å²) in [6.45, 7) is -0.177. The van der Waals surface area contributed by atoms with Crippen molar-refractivity contribution in [2.24, 2.45) is 4.99 Å². The third-order valence-corrected chi connectivity index (χ3v) is 5.12. The zero-order valence-corrected chi connectivity index (χ0v) is 17.1. The number of aliphatic hydroxyl groups excluding tert-OH is 1. The number of non-ortho nitro benzene ring substituents is 1. The molecule has 0 saturated carbocycles. The Morgan fingerprint density at radius 1 is 1.06 bits per heavy atom. The molecule has 10 nitrogen and oxygen atoms in total. The summed E-state index contributed by atoms with van der Waals surface area (Å²) in [5.74, 6) is -0.589. The summed E-state index contributed by atoms with van der Waals surface area (Å²) in [6, 6.07) is 17.8. The molecule has 0 aliphatic rings. The van der Waals surface area contributed by atoms with Gasteiger partial charge >= 0.3 is 5.69 Å². The van der Waals surface area contributed by atoms with E-state index in [9.17, 15) is 29.9 Å². The van der Waals surface area contributed by atoms with Crippen molar-refractivity contribution in [3.63, 3.8) is 0 Å². The fraction of sp³-hybridized carbons (Fsp3) is 0.0870. The smallest absolute Gasteiger partial charge is 0.335 e. The van der Waals surface area contributed by atoms with Crippen molar-refractivity contribution in [3.8, 4) is 11.6 Å². The first-order chi connectivity index (χ1) is 15.9. The van der Waals surface area contributed by atoms with Crippen molar-refractivity contribution in [1.82, 2.24) is 9.55 Å². The van der Waals surface area contributed by atoms with E-state index in [1.807, 2.05) is 18.2 Å². The van der Waals surface area contributed by atoms with Gasteiger partial charge in [0.2, 0.25) is 5.88 Å². The molecule has 3 aromatic carbocycles. The molecule has 1 aromatic heterocycles. The second-order valence-corrected chi connectivity index (χ2v) is 7.19. The van der Waals surface area contributed by atoms with Crippen molar-refractivity contribution in [2.75, 3.05) is 6.54 Å². The highest BCUT2D eigenvalue weighted by atomic mass is 16.6. The van der Waals surface area contributed by atoms with Crippen LogP contribution in [0.25, 0.3) is 16.5 Å². The number of aliphatic imine (C=N–C) groups is 1. The molecule has 0 saturated heterocycles. The van der Waals surface area contributed by atoms with Gasteiger partial charge in [0.05, 0.1) is 23.3 Å². The number of hydrogen-bond acceptors (Lipinski definition) is 7. The first-order valence-electron chi connectivity index (χ1n) is 9.85. The Kier molecular flexibility index (Phi) is 5.83. The number of aromatic hydroxyl groups is 1. The van der Waals surface area contributed by atoms with Crippen LogP contribution in [-0.2, 0) is 0 Å². The van der Waals surface area contributed by atoms with Crippen LogP contribution >= 0.6 is 0 Å². The highest BCUT2D eigenvalue weighted by Gasteiger charge is 2.16. The predicted octanol–water partition coefficient (Wildman–Crippen LogP) is 2.45. The van der Waals surface area contributed by atoms with Gasteiger partial charge in [0.1, 0.15) is 5.56 Å². The number of fused-ring (bicyclic) bond motifs is 1. The number of nitrogens with zero attached hydrogens (tertiary/aromatic N) is 3. The molecule has 1 atom stereocenters. The van der Waals surface area contributed by atoms with E-state index < -0.39 is 28.2 Å². The Morgan fingerprint density at radius 3 is 2.48 bits per heavy atom. The van der Waals surface area contributed by atoms with Crippen LogP contribution in [0.4, 0.5) is 5.69 Å². The molecule has 166 valence electrons. The number of benzene rings is 3. The molecule has 0 spiro atoms. The minimum Gasteiger partial charge on any atom is -0.493 e. The summed E-state index contributed by atoms with van der Waals surface area (Å²) < 4.78 is 0.984. The lowest BCUT2D eigenvalue weighted by atomic mass is 10.1.